The Morgan fingerprint density at radius 1 is 1.23 bits per heavy atom. The van der Waals surface area contributed by atoms with Gasteiger partial charge in [0, 0.05) is 12.0 Å². The molecule has 1 fully saturated rings. The summed E-state index contributed by atoms with van der Waals surface area (Å²) in [6, 6.07) is 10.8. The van der Waals surface area contributed by atoms with Gasteiger partial charge in [0.05, 0.1) is 36.0 Å². The van der Waals surface area contributed by atoms with E-state index in [9.17, 15) is 19.8 Å². The van der Waals surface area contributed by atoms with Crippen LogP contribution in [0.2, 0.25) is 0 Å². The van der Waals surface area contributed by atoms with E-state index in [1.165, 1.54) is 24.3 Å². The van der Waals surface area contributed by atoms with Gasteiger partial charge in [-0.2, -0.15) is 0 Å². The van der Waals surface area contributed by atoms with Crippen molar-refractivity contribution in [1.29, 1.82) is 0 Å². The number of nitrogens with zero attached hydrogens (tertiary/aromatic N) is 1. The molecule has 2 unspecified atom stereocenters. The number of ketones is 1. The Morgan fingerprint density at radius 2 is 2.03 bits per heavy atom. The third-order valence-corrected chi connectivity index (χ3v) is 6.81. The number of halogens is 1. The molecule has 2 aliphatic rings. The predicted octanol–water partition coefficient (Wildman–Crippen LogP) is 4.70. The summed E-state index contributed by atoms with van der Waals surface area (Å²) in [5.74, 6) is -0.627. The number of aliphatic hydroxyl groups is 1. The lowest BCUT2D eigenvalue weighted by Crippen LogP contribution is -2.29. The first kappa shape index (κ1) is 23.0. The molecule has 3 aromatic rings. The molecular formula is C26H22BrNO7. The minimum Gasteiger partial charge on any atom is -0.507 e. The standard InChI is InChI=1S/C26H22BrNO7/c1-13-8-15-9-14(5-6-19(15)35-13)23(29)21-22(16-10-18(27)24(30)20(11-16)33-2)28(26(32)25(21)31)12-17-4-3-7-34-17/h3-7,9-11,13,22,29-30H,8,12H2,1-2H3/b23-21-. The number of benzene rings is 2. The number of likely N-dealkylation sites (tertiary alicyclic amines) is 1. The normalized spacial score (nSPS) is 20.7. The van der Waals surface area contributed by atoms with E-state index in [4.69, 9.17) is 13.9 Å². The maximum atomic E-state index is 13.3. The zero-order chi connectivity index (χ0) is 24.9. The molecule has 0 saturated carbocycles. The van der Waals surface area contributed by atoms with E-state index < -0.39 is 17.7 Å². The van der Waals surface area contributed by atoms with E-state index in [1.54, 1.807) is 36.4 Å². The molecule has 9 heteroatoms. The Kier molecular flexibility index (Phi) is 5.80. The molecule has 0 aliphatic carbocycles. The maximum absolute atomic E-state index is 13.3. The molecule has 35 heavy (non-hydrogen) atoms. The number of fused-ring (bicyclic) bond motifs is 1. The quantitative estimate of drug-likeness (QED) is 0.274. The number of aliphatic hydroxyl groups excluding tert-OH is 1. The maximum Gasteiger partial charge on any atom is 0.296 e. The van der Waals surface area contributed by atoms with Crippen molar-refractivity contribution in [2.24, 2.45) is 0 Å². The van der Waals surface area contributed by atoms with Crippen LogP contribution in [-0.2, 0) is 22.6 Å². The summed E-state index contributed by atoms with van der Waals surface area (Å²) in [6.45, 7) is 1.96. The van der Waals surface area contributed by atoms with Crippen LogP contribution in [0.4, 0.5) is 0 Å². The number of methoxy groups -OCH3 is 1. The molecule has 2 N–H and O–H groups in total. The highest BCUT2D eigenvalue weighted by Gasteiger charge is 2.47. The molecule has 0 radical (unpaired) electrons. The fraction of sp³-hybridized carbons (Fsp3) is 0.231. The Labute approximate surface area is 209 Å². The molecule has 2 aliphatic heterocycles. The molecule has 3 heterocycles. The number of carbonyl (C=O) groups is 2. The predicted molar refractivity (Wildman–Crippen MR) is 129 cm³/mol. The van der Waals surface area contributed by atoms with Gasteiger partial charge in [0.1, 0.15) is 23.4 Å². The monoisotopic (exact) mass is 539 g/mol. The van der Waals surface area contributed by atoms with Gasteiger partial charge in [0.15, 0.2) is 11.5 Å². The molecule has 2 aromatic carbocycles. The van der Waals surface area contributed by atoms with Gasteiger partial charge < -0.3 is 29.0 Å². The Balaban J connectivity index is 1.68. The molecule has 0 bridgehead atoms. The average molecular weight is 540 g/mol. The zero-order valence-corrected chi connectivity index (χ0v) is 20.5. The summed E-state index contributed by atoms with van der Waals surface area (Å²) in [7, 11) is 1.40. The summed E-state index contributed by atoms with van der Waals surface area (Å²) in [5, 5.41) is 21.7. The van der Waals surface area contributed by atoms with Gasteiger partial charge in [-0.15, -0.1) is 0 Å². The topological polar surface area (TPSA) is 109 Å². The molecule has 1 saturated heterocycles. The van der Waals surface area contributed by atoms with Crippen LogP contribution in [0.15, 0.2) is 63.2 Å². The van der Waals surface area contributed by atoms with Crippen LogP contribution >= 0.6 is 15.9 Å². The molecule has 180 valence electrons. The summed E-state index contributed by atoms with van der Waals surface area (Å²) in [6.07, 6.45) is 2.17. The second kappa shape index (κ2) is 8.81. The minimum absolute atomic E-state index is 0.00930. The van der Waals surface area contributed by atoms with Gasteiger partial charge in [-0.1, -0.05) is 0 Å². The number of rotatable bonds is 5. The SMILES string of the molecule is COc1cc(C2/C(=C(/O)c3ccc4c(c3)CC(C)O4)C(=O)C(=O)N2Cc2ccco2)cc(Br)c1O. The van der Waals surface area contributed by atoms with Gasteiger partial charge >= 0.3 is 0 Å². The number of ether oxygens (including phenoxy) is 2. The first-order chi connectivity index (χ1) is 16.8. The van der Waals surface area contributed by atoms with Crippen LogP contribution in [0.1, 0.15) is 35.4 Å². The van der Waals surface area contributed by atoms with E-state index in [0.717, 1.165) is 11.3 Å². The van der Waals surface area contributed by atoms with E-state index >= 15 is 0 Å². The van der Waals surface area contributed by atoms with E-state index in [0.29, 0.717) is 27.8 Å². The van der Waals surface area contributed by atoms with Crippen molar-refractivity contribution in [2.45, 2.75) is 32.0 Å². The van der Waals surface area contributed by atoms with Crippen molar-refractivity contribution in [3.63, 3.8) is 0 Å². The third kappa shape index (κ3) is 3.95. The van der Waals surface area contributed by atoms with Gasteiger partial charge in [0.25, 0.3) is 11.7 Å². The fourth-order valence-electron chi connectivity index (χ4n) is 4.59. The molecule has 2 atom stereocenters. The lowest BCUT2D eigenvalue weighted by molar-refractivity contribution is -0.140. The van der Waals surface area contributed by atoms with Crippen LogP contribution in [0.5, 0.6) is 17.2 Å². The third-order valence-electron chi connectivity index (χ3n) is 6.20. The minimum atomic E-state index is -0.950. The smallest absolute Gasteiger partial charge is 0.296 e. The van der Waals surface area contributed by atoms with Gasteiger partial charge in [-0.05, 0) is 76.4 Å². The van der Waals surface area contributed by atoms with Crippen molar-refractivity contribution in [3.8, 4) is 17.2 Å². The number of phenolic OH excluding ortho intramolecular Hbond substituents is 1. The summed E-state index contributed by atoms with van der Waals surface area (Å²) in [4.78, 5) is 27.8. The number of hydrogen-bond acceptors (Lipinski definition) is 7. The number of hydrogen-bond donors (Lipinski definition) is 2. The Bertz CT molecular complexity index is 1360. The average Bonchev–Trinajstić information content (AvgIpc) is 3.54. The van der Waals surface area contributed by atoms with Crippen LogP contribution in [-0.4, -0.2) is 40.0 Å². The molecule has 5 rings (SSSR count). The van der Waals surface area contributed by atoms with Crippen molar-refractivity contribution < 1.29 is 33.7 Å². The second-order valence-electron chi connectivity index (χ2n) is 8.52. The van der Waals surface area contributed by atoms with Crippen LogP contribution in [0.25, 0.3) is 5.76 Å². The van der Waals surface area contributed by atoms with Crippen molar-refractivity contribution in [3.05, 3.63) is 81.2 Å². The van der Waals surface area contributed by atoms with Crippen LogP contribution in [0.3, 0.4) is 0 Å². The van der Waals surface area contributed by atoms with Crippen molar-refractivity contribution in [2.75, 3.05) is 7.11 Å². The summed E-state index contributed by atoms with van der Waals surface area (Å²) < 4.78 is 16.8. The van der Waals surface area contributed by atoms with E-state index in [1.807, 2.05) is 6.92 Å². The molecular weight excluding hydrogens is 518 g/mol. The molecule has 8 nitrogen and oxygen atoms in total. The highest BCUT2D eigenvalue weighted by Crippen LogP contribution is 2.45. The highest BCUT2D eigenvalue weighted by molar-refractivity contribution is 9.10. The number of carbonyl (C=O) groups excluding carboxylic acids is 2. The van der Waals surface area contributed by atoms with Crippen LogP contribution < -0.4 is 9.47 Å². The highest BCUT2D eigenvalue weighted by atomic mass is 79.9. The van der Waals surface area contributed by atoms with Gasteiger partial charge in [0.2, 0.25) is 0 Å². The number of phenols is 1. The van der Waals surface area contributed by atoms with E-state index in [-0.39, 0.29) is 35.5 Å². The van der Waals surface area contributed by atoms with Gasteiger partial charge in [-0.3, -0.25) is 9.59 Å². The molecule has 0 spiro atoms. The Hall–Kier alpha value is -3.72. The number of amides is 1. The largest absolute Gasteiger partial charge is 0.507 e. The molecule has 1 aromatic heterocycles. The summed E-state index contributed by atoms with van der Waals surface area (Å²) in [5.41, 5.74) is 1.73. The fourth-order valence-corrected chi connectivity index (χ4v) is 5.05. The number of furan rings is 1. The second-order valence-corrected chi connectivity index (χ2v) is 9.37. The first-order valence-electron chi connectivity index (χ1n) is 11.0. The first-order valence-corrected chi connectivity index (χ1v) is 11.7. The summed E-state index contributed by atoms with van der Waals surface area (Å²) >= 11 is 3.31. The lowest BCUT2D eigenvalue weighted by atomic mass is 9.94. The lowest BCUT2D eigenvalue weighted by Gasteiger charge is -2.25. The Morgan fingerprint density at radius 3 is 2.74 bits per heavy atom. The number of Topliss-reactive ketones (excluding diaryl/α,β-unsaturated/α-hetero) is 1. The van der Waals surface area contributed by atoms with Crippen molar-refractivity contribution >= 4 is 33.4 Å². The zero-order valence-electron chi connectivity index (χ0n) is 18.9. The number of aromatic hydroxyl groups is 1. The van der Waals surface area contributed by atoms with Crippen LogP contribution in [0, 0.1) is 0 Å². The van der Waals surface area contributed by atoms with Crippen molar-refractivity contribution in [1.82, 2.24) is 4.90 Å². The molecule has 1 amide bonds. The van der Waals surface area contributed by atoms with Gasteiger partial charge in [-0.25, -0.2) is 0 Å². The van der Waals surface area contributed by atoms with E-state index in [2.05, 4.69) is 15.9 Å².